The second-order valence-corrected chi connectivity index (χ2v) is 4.46. The Morgan fingerprint density at radius 2 is 1.95 bits per heavy atom. The second-order valence-electron chi connectivity index (χ2n) is 4.46. The Bertz CT molecular complexity index is 570. The van der Waals surface area contributed by atoms with Crippen molar-refractivity contribution in [1.29, 1.82) is 0 Å². The van der Waals surface area contributed by atoms with Gasteiger partial charge in [0.15, 0.2) is 0 Å². The van der Waals surface area contributed by atoms with Crippen LogP contribution in [0.3, 0.4) is 0 Å². The topological polar surface area (TPSA) is 64.3 Å². The average molecular weight is 270 g/mol. The molecule has 0 aromatic heterocycles. The summed E-state index contributed by atoms with van der Waals surface area (Å²) in [5.41, 5.74) is 7.69. The molecule has 0 aliphatic carbocycles. The van der Waals surface area contributed by atoms with Gasteiger partial charge in [-0.25, -0.2) is 0 Å². The van der Waals surface area contributed by atoms with Gasteiger partial charge in [0.05, 0.1) is 7.11 Å². The minimum Gasteiger partial charge on any atom is -0.497 e. The summed E-state index contributed by atoms with van der Waals surface area (Å²) in [6, 6.07) is 16.2. The van der Waals surface area contributed by atoms with E-state index in [1.165, 1.54) is 0 Å². The predicted octanol–water partition coefficient (Wildman–Crippen LogP) is 2.01. The highest BCUT2D eigenvalue weighted by molar-refractivity contribution is 5.82. The Hall–Kier alpha value is -2.33. The number of hydrogen-bond donors (Lipinski definition) is 2. The lowest BCUT2D eigenvalue weighted by Gasteiger charge is -2.13. The summed E-state index contributed by atoms with van der Waals surface area (Å²) in [4.78, 5) is 12.0. The summed E-state index contributed by atoms with van der Waals surface area (Å²) >= 11 is 0. The summed E-state index contributed by atoms with van der Waals surface area (Å²) < 4.78 is 5.14. The number of carbonyl (C=O) groups excluding carboxylic acids is 1. The molecule has 2 aromatic carbocycles. The number of carbonyl (C=O) groups is 1. The van der Waals surface area contributed by atoms with Crippen LogP contribution in [0.25, 0.3) is 0 Å². The van der Waals surface area contributed by atoms with E-state index in [-0.39, 0.29) is 5.91 Å². The van der Waals surface area contributed by atoms with Crippen LogP contribution in [-0.2, 0) is 11.3 Å². The molecule has 20 heavy (non-hydrogen) atoms. The molecule has 104 valence electrons. The predicted molar refractivity (Wildman–Crippen MR) is 78.2 cm³/mol. The standard InChI is InChI=1S/C16H18N2O2/c1-20-14-9-5-6-12(10-14)11-18-16(19)15(17)13-7-3-2-4-8-13/h2-10,15H,11,17H2,1H3,(H,18,19)/t15-/m0/s1. The molecule has 0 spiro atoms. The quantitative estimate of drug-likeness (QED) is 0.873. The van der Waals surface area contributed by atoms with E-state index in [1.54, 1.807) is 7.11 Å². The van der Waals surface area contributed by atoms with E-state index in [1.807, 2.05) is 54.6 Å². The van der Waals surface area contributed by atoms with Crippen LogP contribution in [0.1, 0.15) is 17.2 Å². The van der Waals surface area contributed by atoms with Crippen molar-refractivity contribution in [1.82, 2.24) is 5.32 Å². The van der Waals surface area contributed by atoms with Crippen LogP contribution in [0, 0.1) is 0 Å². The van der Waals surface area contributed by atoms with Gasteiger partial charge in [-0.2, -0.15) is 0 Å². The van der Waals surface area contributed by atoms with Gasteiger partial charge in [-0.05, 0) is 23.3 Å². The fourth-order valence-corrected chi connectivity index (χ4v) is 1.89. The zero-order valence-corrected chi connectivity index (χ0v) is 11.4. The first-order valence-electron chi connectivity index (χ1n) is 6.42. The molecule has 3 N–H and O–H groups in total. The molecule has 0 radical (unpaired) electrons. The molecule has 1 amide bonds. The number of amides is 1. The third-order valence-corrected chi connectivity index (χ3v) is 3.04. The van der Waals surface area contributed by atoms with Crippen LogP contribution in [-0.4, -0.2) is 13.0 Å². The lowest BCUT2D eigenvalue weighted by atomic mass is 10.1. The molecule has 0 unspecified atom stereocenters. The number of benzene rings is 2. The van der Waals surface area contributed by atoms with Crippen molar-refractivity contribution in [3.05, 3.63) is 65.7 Å². The maximum Gasteiger partial charge on any atom is 0.241 e. The molecule has 0 bridgehead atoms. The highest BCUT2D eigenvalue weighted by Gasteiger charge is 2.14. The van der Waals surface area contributed by atoms with E-state index >= 15 is 0 Å². The van der Waals surface area contributed by atoms with Crippen LogP contribution >= 0.6 is 0 Å². The average Bonchev–Trinajstić information content (AvgIpc) is 2.53. The van der Waals surface area contributed by atoms with Crippen molar-refractivity contribution >= 4 is 5.91 Å². The first-order chi connectivity index (χ1) is 9.70. The maximum absolute atomic E-state index is 12.0. The first-order valence-corrected chi connectivity index (χ1v) is 6.42. The molecule has 0 aliphatic rings. The lowest BCUT2D eigenvalue weighted by molar-refractivity contribution is -0.122. The van der Waals surface area contributed by atoms with Crippen LogP contribution in [0.15, 0.2) is 54.6 Å². The van der Waals surface area contributed by atoms with Gasteiger partial charge in [0.25, 0.3) is 0 Å². The fourth-order valence-electron chi connectivity index (χ4n) is 1.89. The Morgan fingerprint density at radius 1 is 1.20 bits per heavy atom. The van der Waals surface area contributed by atoms with Crippen molar-refractivity contribution in [3.63, 3.8) is 0 Å². The number of rotatable bonds is 5. The molecular weight excluding hydrogens is 252 g/mol. The zero-order valence-electron chi connectivity index (χ0n) is 11.4. The molecule has 0 fully saturated rings. The Morgan fingerprint density at radius 3 is 2.65 bits per heavy atom. The molecule has 0 aliphatic heterocycles. The molecule has 2 rings (SSSR count). The van der Waals surface area contributed by atoms with Gasteiger partial charge < -0.3 is 15.8 Å². The van der Waals surface area contributed by atoms with Crippen molar-refractivity contribution in [2.45, 2.75) is 12.6 Å². The molecule has 0 heterocycles. The zero-order chi connectivity index (χ0) is 14.4. The SMILES string of the molecule is COc1cccc(CNC(=O)[C@@H](N)c2ccccc2)c1. The largest absolute Gasteiger partial charge is 0.497 e. The van der Waals surface area contributed by atoms with Gasteiger partial charge in [0.1, 0.15) is 11.8 Å². The van der Waals surface area contributed by atoms with Gasteiger partial charge >= 0.3 is 0 Å². The summed E-state index contributed by atoms with van der Waals surface area (Å²) in [7, 11) is 1.61. The van der Waals surface area contributed by atoms with Crippen LogP contribution in [0.5, 0.6) is 5.75 Å². The van der Waals surface area contributed by atoms with Crippen molar-refractivity contribution in [2.75, 3.05) is 7.11 Å². The third kappa shape index (κ3) is 3.59. The molecule has 4 heteroatoms. The maximum atomic E-state index is 12.0. The first kappa shape index (κ1) is 14.1. The molecule has 0 saturated carbocycles. The van der Waals surface area contributed by atoms with Gasteiger partial charge in [-0.3, -0.25) is 4.79 Å². The van der Waals surface area contributed by atoms with Gasteiger partial charge in [-0.1, -0.05) is 42.5 Å². The summed E-state index contributed by atoms with van der Waals surface area (Å²) in [6.07, 6.45) is 0. The lowest BCUT2D eigenvalue weighted by Crippen LogP contribution is -2.33. The Labute approximate surface area is 118 Å². The number of ether oxygens (including phenoxy) is 1. The van der Waals surface area contributed by atoms with Crippen molar-refractivity contribution in [2.24, 2.45) is 5.73 Å². The smallest absolute Gasteiger partial charge is 0.241 e. The molecule has 0 saturated heterocycles. The van der Waals surface area contributed by atoms with Crippen LogP contribution in [0.4, 0.5) is 0 Å². The van der Waals surface area contributed by atoms with E-state index < -0.39 is 6.04 Å². The van der Waals surface area contributed by atoms with Gasteiger partial charge in [-0.15, -0.1) is 0 Å². The molecule has 4 nitrogen and oxygen atoms in total. The summed E-state index contributed by atoms with van der Waals surface area (Å²) in [5, 5.41) is 2.83. The molecule has 1 atom stereocenters. The highest BCUT2D eigenvalue weighted by atomic mass is 16.5. The normalized spacial score (nSPS) is 11.7. The minimum absolute atomic E-state index is 0.195. The van der Waals surface area contributed by atoms with E-state index in [2.05, 4.69) is 5.32 Å². The van der Waals surface area contributed by atoms with Gasteiger partial charge in [0.2, 0.25) is 5.91 Å². The number of nitrogens with two attached hydrogens (primary N) is 1. The number of hydrogen-bond acceptors (Lipinski definition) is 3. The second kappa shape index (κ2) is 6.73. The Kier molecular flexibility index (Phi) is 4.74. The molecule has 2 aromatic rings. The third-order valence-electron chi connectivity index (χ3n) is 3.04. The fraction of sp³-hybridized carbons (Fsp3) is 0.188. The summed E-state index contributed by atoms with van der Waals surface area (Å²) in [5.74, 6) is 0.572. The van der Waals surface area contributed by atoms with Crippen molar-refractivity contribution in [3.8, 4) is 5.75 Å². The van der Waals surface area contributed by atoms with E-state index in [0.717, 1.165) is 16.9 Å². The van der Waals surface area contributed by atoms with E-state index in [9.17, 15) is 4.79 Å². The summed E-state index contributed by atoms with van der Waals surface area (Å²) in [6.45, 7) is 0.427. The minimum atomic E-state index is -0.651. The van der Waals surface area contributed by atoms with Crippen LogP contribution < -0.4 is 15.8 Å². The van der Waals surface area contributed by atoms with Crippen molar-refractivity contribution < 1.29 is 9.53 Å². The van der Waals surface area contributed by atoms with Crippen LogP contribution in [0.2, 0.25) is 0 Å². The number of methoxy groups -OCH3 is 1. The van der Waals surface area contributed by atoms with E-state index in [0.29, 0.717) is 6.54 Å². The molecular formula is C16H18N2O2. The monoisotopic (exact) mass is 270 g/mol. The van der Waals surface area contributed by atoms with Gasteiger partial charge in [0, 0.05) is 6.54 Å². The van der Waals surface area contributed by atoms with E-state index in [4.69, 9.17) is 10.5 Å². The Balaban J connectivity index is 1.95. The highest BCUT2D eigenvalue weighted by Crippen LogP contribution is 2.13. The number of nitrogens with one attached hydrogen (secondary N) is 1.